The molecule has 2 aromatic carbocycles. The Morgan fingerprint density at radius 2 is 1.95 bits per heavy atom. The van der Waals surface area contributed by atoms with Crippen molar-refractivity contribution in [1.82, 2.24) is 0 Å². The monoisotopic (exact) mass is 288 g/mol. The van der Waals surface area contributed by atoms with Crippen LogP contribution in [0.2, 0.25) is 0 Å². The van der Waals surface area contributed by atoms with Crippen LogP contribution in [0.4, 0.5) is 4.39 Å². The summed E-state index contributed by atoms with van der Waals surface area (Å²) in [4.78, 5) is 11.8. The van der Waals surface area contributed by atoms with E-state index >= 15 is 0 Å². The predicted octanol–water partition coefficient (Wildman–Crippen LogP) is 3.42. The highest BCUT2D eigenvalue weighted by Gasteiger charge is 2.36. The Hall–Kier alpha value is -2.36. The molecule has 0 aliphatic carbocycles. The number of halogens is 1. The van der Waals surface area contributed by atoms with Crippen molar-refractivity contribution < 1.29 is 19.0 Å². The maximum atomic E-state index is 13.8. The Bertz CT molecular complexity index is 654. The lowest BCUT2D eigenvalue weighted by Gasteiger charge is -2.26. The van der Waals surface area contributed by atoms with Gasteiger partial charge in [-0.05, 0) is 42.7 Å². The van der Waals surface area contributed by atoms with Crippen molar-refractivity contribution in [3.8, 4) is 5.75 Å². The summed E-state index contributed by atoms with van der Waals surface area (Å²) in [6.07, 6.45) is 0.0716. The van der Waals surface area contributed by atoms with Gasteiger partial charge in [-0.2, -0.15) is 0 Å². The number of carbonyl (C=O) groups is 1. The molecule has 0 saturated carbocycles. The van der Waals surface area contributed by atoms with Crippen LogP contribution >= 0.6 is 0 Å². The van der Waals surface area contributed by atoms with Crippen LogP contribution in [0.15, 0.2) is 48.5 Å². The minimum atomic E-state index is -1.23. The van der Waals surface area contributed by atoms with E-state index < -0.39 is 17.2 Å². The lowest BCUT2D eigenvalue weighted by molar-refractivity contribution is -0.143. The fraction of sp³-hybridized carbons (Fsp3) is 0.235. The van der Waals surface area contributed by atoms with Gasteiger partial charge >= 0.3 is 5.97 Å². The van der Waals surface area contributed by atoms with Crippen molar-refractivity contribution in [2.45, 2.75) is 18.8 Å². The van der Waals surface area contributed by atoms with E-state index in [9.17, 15) is 14.3 Å². The van der Waals surface area contributed by atoms with E-state index in [1.54, 1.807) is 49.4 Å². The second-order valence-corrected chi connectivity index (χ2v) is 5.14. The smallest absolute Gasteiger partial charge is 0.314 e. The molecular formula is C17H17FO3. The predicted molar refractivity (Wildman–Crippen MR) is 78.1 cm³/mol. The fourth-order valence-electron chi connectivity index (χ4n) is 2.29. The Kier molecular flexibility index (Phi) is 4.26. The normalized spacial score (nSPS) is 13.5. The molecule has 21 heavy (non-hydrogen) atoms. The molecule has 110 valence electrons. The minimum Gasteiger partial charge on any atom is -0.497 e. The highest BCUT2D eigenvalue weighted by Crippen LogP contribution is 2.31. The zero-order chi connectivity index (χ0) is 15.5. The van der Waals surface area contributed by atoms with Crippen LogP contribution in [-0.4, -0.2) is 18.2 Å². The van der Waals surface area contributed by atoms with Crippen molar-refractivity contribution in [1.29, 1.82) is 0 Å². The molecule has 1 atom stereocenters. The lowest BCUT2D eigenvalue weighted by Crippen LogP contribution is -2.35. The molecule has 0 saturated heterocycles. The second-order valence-electron chi connectivity index (χ2n) is 5.14. The van der Waals surface area contributed by atoms with Gasteiger partial charge in [-0.25, -0.2) is 4.39 Å². The standard InChI is InChI=1S/C17H17FO3/c1-17(16(19)20,11-12-6-3-4-9-15(12)18)13-7-5-8-14(10-13)21-2/h3-10H,11H2,1-2H3,(H,19,20). The van der Waals surface area contributed by atoms with Crippen LogP contribution in [0, 0.1) is 5.82 Å². The van der Waals surface area contributed by atoms with Gasteiger partial charge in [-0.3, -0.25) is 4.79 Å². The van der Waals surface area contributed by atoms with Crippen LogP contribution < -0.4 is 4.74 Å². The van der Waals surface area contributed by atoms with Crippen LogP contribution in [0.25, 0.3) is 0 Å². The van der Waals surface area contributed by atoms with E-state index in [0.29, 0.717) is 16.9 Å². The summed E-state index contributed by atoms with van der Waals surface area (Å²) in [6.45, 7) is 1.59. The maximum Gasteiger partial charge on any atom is 0.314 e. The van der Waals surface area contributed by atoms with Crippen LogP contribution in [0.1, 0.15) is 18.1 Å². The highest BCUT2D eigenvalue weighted by molar-refractivity contribution is 5.81. The van der Waals surface area contributed by atoms with Gasteiger partial charge in [0.1, 0.15) is 11.6 Å². The lowest BCUT2D eigenvalue weighted by atomic mass is 9.77. The first-order chi connectivity index (χ1) is 9.97. The quantitative estimate of drug-likeness (QED) is 0.917. The number of carboxylic acids is 1. The summed E-state index contributed by atoms with van der Waals surface area (Å²) in [5, 5.41) is 9.64. The molecule has 0 radical (unpaired) electrons. The Balaban J connectivity index is 2.45. The molecule has 0 fully saturated rings. The number of benzene rings is 2. The molecule has 4 heteroatoms. The molecule has 2 aromatic rings. The number of ether oxygens (including phenoxy) is 1. The van der Waals surface area contributed by atoms with Crippen molar-refractivity contribution >= 4 is 5.97 Å². The van der Waals surface area contributed by atoms with Gasteiger partial charge in [0.05, 0.1) is 12.5 Å². The first-order valence-electron chi connectivity index (χ1n) is 6.58. The van der Waals surface area contributed by atoms with Crippen molar-refractivity contribution in [2.24, 2.45) is 0 Å². The number of hydrogen-bond donors (Lipinski definition) is 1. The van der Waals surface area contributed by atoms with Gasteiger partial charge in [-0.15, -0.1) is 0 Å². The molecule has 3 nitrogen and oxygen atoms in total. The van der Waals surface area contributed by atoms with Gasteiger partial charge < -0.3 is 9.84 Å². The Morgan fingerprint density at radius 3 is 2.57 bits per heavy atom. The first kappa shape index (κ1) is 15.0. The second kappa shape index (κ2) is 5.95. The number of methoxy groups -OCH3 is 1. The van der Waals surface area contributed by atoms with Crippen molar-refractivity contribution in [3.05, 3.63) is 65.5 Å². The third kappa shape index (κ3) is 3.05. The van der Waals surface area contributed by atoms with Crippen LogP contribution in [-0.2, 0) is 16.6 Å². The summed E-state index contributed by atoms with van der Waals surface area (Å²) in [5.74, 6) is -0.819. The highest BCUT2D eigenvalue weighted by atomic mass is 19.1. The van der Waals surface area contributed by atoms with Crippen molar-refractivity contribution in [3.63, 3.8) is 0 Å². The molecular weight excluding hydrogens is 271 g/mol. The van der Waals surface area contributed by atoms with E-state index in [1.165, 1.54) is 13.2 Å². The maximum absolute atomic E-state index is 13.8. The number of aliphatic carboxylic acids is 1. The summed E-state index contributed by atoms with van der Waals surface area (Å²) in [7, 11) is 1.52. The largest absolute Gasteiger partial charge is 0.497 e. The van der Waals surface area contributed by atoms with Crippen LogP contribution in [0.3, 0.4) is 0 Å². The summed E-state index contributed by atoms with van der Waals surface area (Å²) >= 11 is 0. The Morgan fingerprint density at radius 1 is 1.24 bits per heavy atom. The summed E-state index contributed by atoms with van der Waals surface area (Å²) < 4.78 is 19.0. The van der Waals surface area contributed by atoms with Gasteiger partial charge in [-0.1, -0.05) is 30.3 Å². The molecule has 0 spiro atoms. The summed E-state index contributed by atoms with van der Waals surface area (Å²) in [6, 6.07) is 13.1. The average Bonchev–Trinajstić information content (AvgIpc) is 2.49. The van der Waals surface area contributed by atoms with E-state index in [1.807, 2.05) is 0 Å². The third-order valence-corrected chi connectivity index (χ3v) is 3.68. The van der Waals surface area contributed by atoms with Crippen LogP contribution in [0.5, 0.6) is 5.75 Å². The van der Waals surface area contributed by atoms with Gasteiger partial charge in [0, 0.05) is 0 Å². The summed E-state index contributed by atoms with van der Waals surface area (Å²) in [5.41, 5.74) is -0.265. The SMILES string of the molecule is COc1cccc(C(C)(Cc2ccccc2F)C(=O)O)c1. The number of carboxylic acid groups (broad SMARTS) is 1. The molecule has 2 rings (SSSR count). The molecule has 0 heterocycles. The van der Waals surface area contributed by atoms with Crippen molar-refractivity contribution in [2.75, 3.05) is 7.11 Å². The zero-order valence-corrected chi connectivity index (χ0v) is 12.0. The van der Waals surface area contributed by atoms with E-state index in [-0.39, 0.29) is 6.42 Å². The van der Waals surface area contributed by atoms with Gasteiger partial charge in [0.15, 0.2) is 0 Å². The Labute approximate surface area is 123 Å². The van der Waals surface area contributed by atoms with Gasteiger partial charge in [0.25, 0.3) is 0 Å². The average molecular weight is 288 g/mol. The topological polar surface area (TPSA) is 46.5 Å². The molecule has 0 bridgehead atoms. The first-order valence-corrected chi connectivity index (χ1v) is 6.58. The molecule has 0 aliphatic heterocycles. The molecule has 1 unspecified atom stereocenters. The van der Waals surface area contributed by atoms with E-state index in [2.05, 4.69) is 0 Å². The third-order valence-electron chi connectivity index (χ3n) is 3.68. The minimum absolute atomic E-state index is 0.0716. The molecule has 0 amide bonds. The van der Waals surface area contributed by atoms with Gasteiger partial charge in [0.2, 0.25) is 0 Å². The number of hydrogen-bond acceptors (Lipinski definition) is 2. The molecule has 0 aromatic heterocycles. The fourth-order valence-corrected chi connectivity index (χ4v) is 2.29. The van der Waals surface area contributed by atoms with E-state index in [0.717, 1.165) is 0 Å². The molecule has 1 N–H and O–H groups in total. The number of rotatable bonds is 5. The zero-order valence-electron chi connectivity index (χ0n) is 12.0. The molecule has 0 aliphatic rings. The van der Waals surface area contributed by atoms with E-state index in [4.69, 9.17) is 4.74 Å².